The number of fused-ring (bicyclic) bond motifs is 2. The van der Waals surface area contributed by atoms with E-state index in [0.717, 1.165) is 11.0 Å². The minimum Gasteiger partial charge on any atom is -0.361 e. The van der Waals surface area contributed by atoms with Crippen molar-refractivity contribution >= 4 is 27.6 Å². The summed E-state index contributed by atoms with van der Waals surface area (Å²) in [7, 11) is 0. The zero-order valence-corrected chi connectivity index (χ0v) is 13.0. The zero-order valence-electron chi connectivity index (χ0n) is 13.0. The van der Waals surface area contributed by atoms with Crippen LogP contribution in [0.15, 0.2) is 60.9 Å². The van der Waals surface area contributed by atoms with Gasteiger partial charge in [0, 0.05) is 41.2 Å². The summed E-state index contributed by atoms with van der Waals surface area (Å²) < 4.78 is 0. The molecular formula is C20H18N2O. The number of carbonyl (C=O) groups is 1. The number of Topliss-reactive ketones (excluding diaryl/α,β-unsaturated/α-hetero) is 1. The van der Waals surface area contributed by atoms with Gasteiger partial charge in [-0.15, -0.1) is 0 Å². The van der Waals surface area contributed by atoms with Crippen LogP contribution in [0.4, 0.5) is 0 Å². The number of para-hydroxylation sites is 1. The number of hydrogen-bond donors (Lipinski definition) is 2. The number of nitrogens with one attached hydrogen (secondary N) is 2. The highest BCUT2D eigenvalue weighted by Crippen LogP contribution is 2.34. The summed E-state index contributed by atoms with van der Waals surface area (Å²) in [6.45, 7) is 1.66. The second-order valence-corrected chi connectivity index (χ2v) is 6.07. The normalized spacial score (nSPS) is 12.7. The first-order chi connectivity index (χ1) is 11.2. The van der Waals surface area contributed by atoms with Gasteiger partial charge >= 0.3 is 0 Å². The Morgan fingerprint density at radius 3 is 2.78 bits per heavy atom. The van der Waals surface area contributed by atoms with Gasteiger partial charge in [-0.05, 0) is 47.7 Å². The molecule has 2 aromatic heterocycles. The van der Waals surface area contributed by atoms with Gasteiger partial charge in [0.25, 0.3) is 0 Å². The molecule has 3 nitrogen and oxygen atoms in total. The predicted octanol–water partition coefficient (Wildman–Crippen LogP) is 4.76. The number of ketones is 1. The first kappa shape index (κ1) is 13.8. The van der Waals surface area contributed by atoms with Crippen LogP contribution in [0.2, 0.25) is 0 Å². The van der Waals surface area contributed by atoms with Gasteiger partial charge < -0.3 is 9.97 Å². The summed E-state index contributed by atoms with van der Waals surface area (Å²) >= 11 is 0. The number of rotatable bonds is 4. The molecule has 4 aromatic rings. The van der Waals surface area contributed by atoms with Crippen molar-refractivity contribution < 1.29 is 4.79 Å². The van der Waals surface area contributed by atoms with E-state index in [0.29, 0.717) is 6.42 Å². The molecule has 0 saturated carbocycles. The lowest BCUT2D eigenvalue weighted by Gasteiger charge is -2.16. The van der Waals surface area contributed by atoms with Gasteiger partial charge in [-0.25, -0.2) is 0 Å². The summed E-state index contributed by atoms with van der Waals surface area (Å²) in [5.41, 5.74) is 4.59. The Morgan fingerprint density at radius 2 is 1.91 bits per heavy atom. The fourth-order valence-electron chi connectivity index (χ4n) is 3.37. The smallest absolute Gasteiger partial charge is 0.130 e. The monoisotopic (exact) mass is 302 g/mol. The third-order valence-electron chi connectivity index (χ3n) is 4.47. The fraction of sp³-hybridized carbons (Fsp3) is 0.150. The molecule has 0 spiro atoms. The Balaban J connectivity index is 1.87. The molecule has 0 amide bonds. The van der Waals surface area contributed by atoms with Crippen LogP contribution in [0, 0.1) is 0 Å². The van der Waals surface area contributed by atoms with Crippen molar-refractivity contribution in [2.45, 2.75) is 19.3 Å². The average Bonchev–Trinajstić information content (AvgIpc) is 3.18. The van der Waals surface area contributed by atoms with Crippen LogP contribution < -0.4 is 0 Å². The number of aromatic amines is 2. The van der Waals surface area contributed by atoms with Gasteiger partial charge in [0.05, 0.1) is 0 Å². The van der Waals surface area contributed by atoms with Crippen molar-refractivity contribution in [1.29, 1.82) is 0 Å². The predicted molar refractivity (Wildman–Crippen MR) is 93.7 cm³/mol. The molecule has 0 bridgehead atoms. The van der Waals surface area contributed by atoms with E-state index in [2.05, 4.69) is 46.4 Å². The maximum atomic E-state index is 11.9. The first-order valence-corrected chi connectivity index (χ1v) is 7.85. The van der Waals surface area contributed by atoms with Crippen molar-refractivity contribution in [2.24, 2.45) is 0 Å². The first-order valence-electron chi connectivity index (χ1n) is 7.85. The molecule has 3 heteroatoms. The minimum absolute atomic E-state index is 0.0722. The van der Waals surface area contributed by atoms with Gasteiger partial charge in [0.15, 0.2) is 0 Å². The molecule has 23 heavy (non-hydrogen) atoms. The highest BCUT2D eigenvalue weighted by molar-refractivity contribution is 5.87. The van der Waals surface area contributed by atoms with Crippen LogP contribution in [0.3, 0.4) is 0 Å². The topological polar surface area (TPSA) is 48.6 Å². The second kappa shape index (κ2) is 5.43. The van der Waals surface area contributed by atoms with Gasteiger partial charge in [-0.2, -0.15) is 0 Å². The molecule has 0 radical (unpaired) electrons. The van der Waals surface area contributed by atoms with Crippen LogP contribution in [-0.2, 0) is 4.79 Å². The van der Waals surface area contributed by atoms with Crippen molar-refractivity contribution in [3.05, 3.63) is 72.1 Å². The number of carbonyl (C=O) groups excluding carboxylic acids is 1. The van der Waals surface area contributed by atoms with E-state index in [1.165, 1.54) is 21.9 Å². The van der Waals surface area contributed by atoms with E-state index in [-0.39, 0.29) is 11.7 Å². The van der Waals surface area contributed by atoms with Crippen LogP contribution in [0.5, 0.6) is 0 Å². The molecule has 0 aliphatic carbocycles. The fourth-order valence-corrected chi connectivity index (χ4v) is 3.37. The summed E-state index contributed by atoms with van der Waals surface area (Å²) in [6.07, 6.45) is 4.50. The van der Waals surface area contributed by atoms with Crippen molar-refractivity contribution in [1.82, 2.24) is 9.97 Å². The van der Waals surface area contributed by atoms with Crippen LogP contribution in [0.25, 0.3) is 21.8 Å². The van der Waals surface area contributed by atoms with Crippen LogP contribution >= 0.6 is 0 Å². The molecule has 2 heterocycles. The molecular weight excluding hydrogens is 284 g/mol. The largest absolute Gasteiger partial charge is 0.361 e. The molecule has 4 rings (SSSR count). The molecule has 0 aliphatic rings. The summed E-state index contributed by atoms with van der Waals surface area (Å²) in [5, 5.41) is 2.36. The highest BCUT2D eigenvalue weighted by atomic mass is 16.1. The lowest BCUT2D eigenvalue weighted by Crippen LogP contribution is -2.05. The highest BCUT2D eigenvalue weighted by Gasteiger charge is 2.20. The average molecular weight is 302 g/mol. The molecule has 0 aliphatic heterocycles. The van der Waals surface area contributed by atoms with Gasteiger partial charge in [0.1, 0.15) is 5.78 Å². The van der Waals surface area contributed by atoms with E-state index in [9.17, 15) is 4.79 Å². The second-order valence-electron chi connectivity index (χ2n) is 6.07. The number of H-pyrrole nitrogens is 2. The molecule has 2 aromatic carbocycles. The molecule has 2 N–H and O–H groups in total. The minimum atomic E-state index is 0.0722. The maximum Gasteiger partial charge on any atom is 0.130 e. The van der Waals surface area contributed by atoms with E-state index >= 15 is 0 Å². The number of aromatic nitrogens is 2. The summed E-state index contributed by atoms with van der Waals surface area (Å²) in [6, 6.07) is 16.7. The number of hydrogen-bond acceptors (Lipinski definition) is 1. The lowest BCUT2D eigenvalue weighted by molar-refractivity contribution is -0.117. The molecule has 0 saturated heterocycles. The SMILES string of the molecule is CC(=O)C[C@H](c1ccc2[nH]ccc2c1)c1c[nH]c2ccccc12. The van der Waals surface area contributed by atoms with Crippen molar-refractivity contribution in [2.75, 3.05) is 0 Å². The van der Waals surface area contributed by atoms with Gasteiger partial charge in [-0.1, -0.05) is 24.3 Å². The van der Waals surface area contributed by atoms with E-state index in [4.69, 9.17) is 0 Å². The van der Waals surface area contributed by atoms with Gasteiger partial charge in [-0.3, -0.25) is 4.79 Å². The van der Waals surface area contributed by atoms with E-state index in [1.54, 1.807) is 6.92 Å². The third kappa shape index (κ3) is 2.44. The van der Waals surface area contributed by atoms with E-state index in [1.807, 2.05) is 24.5 Å². The molecule has 0 fully saturated rings. The quantitative estimate of drug-likeness (QED) is 0.561. The van der Waals surface area contributed by atoms with Crippen LogP contribution in [-0.4, -0.2) is 15.8 Å². The maximum absolute atomic E-state index is 11.9. The Kier molecular flexibility index (Phi) is 3.27. The Labute approximate surface area is 134 Å². The number of benzene rings is 2. The van der Waals surface area contributed by atoms with Crippen molar-refractivity contribution in [3.8, 4) is 0 Å². The Hall–Kier alpha value is -2.81. The van der Waals surface area contributed by atoms with Gasteiger partial charge in [0.2, 0.25) is 0 Å². The Bertz CT molecular complexity index is 993. The molecule has 114 valence electrons. The van der Waals surface area contributed by atoms with E-state index < -0.39 is 0 Å². The summed E-state index contributed by atoms with van der Waals surface area (Å²) in [4.78, 5) is 18.4. The Morgan fingerprint density at radius 1 is 1.04 bits per heavy atom. The standard InChI is InChI=1S/C20H18N2O/c1-13(23)10-17(14-6-7-19-15(11-14)8-9-21-19)18-12-22-20-5-3-2-4-16(18)20/h2-9,11-12,17,21-22H,10H2,1H3/t17-/m1/s1. The molecule has 0 unspecified atom stereocenters. The van der Waals surface area contributed by atoms with Crippen molar-refractivity contribution in [3.63, 3.8) is 0 Å². The molecule has 1 atom stereocenters. The third-order valence-corrected chi connectivity index (χ3v) is 4.47. The summed E-state index contributed by atoms with van der Waals surface area (Å²) in [5.74, 6) is 0.275. The van der Waals surface area contributed by atoms with Crippen LogP contribution in [0.1, 0.15) is 30.4 Å². The lowest BCUT2D eigenvalue weighted by atomic mass is 9.86. The zero-order chi connectivity index (χ0) is 15.8.